The lowest BCUT2D eigenvalue weighted by atomic mass is 10.0. The maximum absolute atomic E-state index is 12.1. The Morgan fingerprint density at radius 3 is 2.78 bits per heavy atom. The summed E-state index contributed by atoms with van der Waals surface area (Å²) in [5.74, 6) is 0.0242. The Balaban J connectivity index is 1.68. The molecule has 1 saturated heterocycles. The van der Waals surface area contributed by atoms with Crippen LogP contribution >= 0.6 is 0 Å². The summed E-state index contributed by atoms with van der Waals surface area (Å²) < 4.78 is 34.0. The molecule has 2 heterocycles. The Kier molecular flexibility index (Phi) is 5.28. The van der Waals surface area contributed by atoms with Gasteiger partial charge in [0, 0.05) is 17.5 Å². The Morgan fingerprint density at radius 2 is 2.11 bits per heavy atom. The van der Waals surface area contributed by atoms with Crippen molar-refractivity contribution in [3.05, 3.63) is 40.2 Å². The van der Waals surface area contributed by atoms with Gasteiger partial charge in [-0.1, -0.05) is 13.3 Å². The summed E-state index contributed by atoms with van der Waals surface area (Å²) in [7, 11) is -3.10. The van der Waals surface area contributed by atoms with Gasteiger partial charge in [0.25, 0.3) is 5.91 Å². The molecule has 8 heteroatoms. The molecule has 0 aliphatic carbocycles. The molecule has 1 aromatic heterocycles. The zero-order valence-electron chi connectivity index (χ0n) is 15.4. The number of rotatable bonds is 6. The van der Waals surface area contributed by atoms with E-state index >= 15 is 0 Å². The molecule has 146 valence electrons. The number of carbonyl (C=O) groups excluding carboxylic acids is 1. The molecular weight excluding hydrogens is 370 g/mol. The van der Waals surface area contributed by atoms with Crippen LogP contribution in [0.25, 0.3) is 11.0 Å². The van der Waals surface area contributed by atoms with Crippen LogP contribution in [0.4, 0.5) is 0 Å². The highest BCUT2D eigenvalue weighted by Gasteiger charge is 2.39. The Morgan fingerprint density at radius 1 is 1.33 bits per heavy atom. The summed E-state index contributed by atoms with van der Waals surface area (Å²) in [5, 5.41) is 3.58. The normalized spacial score (nSPS) is 21.3. The smallest absolute Gasteiger partial charge is 0.336 e. The minimum atomic E-state index is -3.10. The number of carbonyl (C=O) groups is 1. The fourth-order valence-electron chi connectivity index (χ4n) is 3.41. The third kappa shape index (κ3) is 4.68. The van der Waals surface area contributed by atoms with Crippen LogP contribution in [-0.2, 0) is 21.1 Å². The summed E-state index contributed by atoms with van der Waals surface area (Å²) in [5.41, 5.74) is 0.155. The van der Waals surface area contributed by atoms with Crippen molar-refractivity contribution >= 4 is 26.7 Å². The molecule has 7 nitrogen and oxygen atoms in total. The number of nitrogens with one attached hydrogen (secondary N) is 1. The summed E-state index contributed by atoms with van der Waals surface area (Å²) in [6.45, 7) is 3.50. The molecule has 1 aliphatic heterocycles. The second-order valence-corrected chi connectivity index (χ2v) is 9.42. The zero-order chi connectivity index (χ0) is 19.7. The van der Waals surface area contributed by atoms with Crippen LogP contribution in [0.1, 0.15) is 32.3 Å². The molecule has 2 aromatic rings. The minimum Gasteiger partial charge on any atom is -0.484 e. The maximum Gasteiger partial charge on any atom is 0.336 e. The molecule has 1 fully saturated rings. The molecule has 0 radical (unpaired) electrons. The van der Waals surface area contributed by atoms with Crippen LogP contribution < -0.4 is 15.7 Å². The standard InChI is InChI=1S/C19H23NO6S/c1-3-4-13-9-18(22)26-16-10-14(5-6-15(13)16)25-11-17(21)20-19(2)7-8-27(23,24)12-19/h5-6,9-10H,3-4,7-8,11-12H2,1-2H3,(H,20,21)/t19-/m1/s1. The Hall–Kier alpha value is -2.35. The maximum atomic E-state index is 12.1. The number of hydrogen-bond donors (Lipinski definition) is 1. The molecule has 1 N–H and O–H groups in total. The number of sulfone groups is 1. The third-order valence-corrected chi connectivity index (χ3v) is 6.54. The van der Waals surface area contributed by atoms with Gasteiger partial charge in [-0.3, -0.25) is 4.79 Å². The predicted molar refractivity (Wildman–Crippen MR) is 102 cm³/mol. The molecule has 0 spiro atoms. The number of benzene rings is 1. The third-order valence-electron chi connectivity index (χ3n) is 4.64. The molecule has 1 amide bonds. The Bertz CT molecular complexity index is 1030. The summed E-state index contributed by atoms with van der Waals surface area (Å²) in [6, 6.07) is 6.61. The first-order chi connectivity index (χ1) is 12.7. The van der Waals surface area contributed by atoms with E-state index < -0.39 is 26.9 Å². The second-order valence-electron chi connectivity index (χ2n) is 7.24. The van der Waals surface area contributed by atoms with Crippen molar-refractivity contribution < 1.29 is 22.4 Å². The topological polar surface area (TPSA) is 103 Å². The number of ether oxygens (including phenoxy) is 1. The lowest BCUT2D eigenvalue weighted by Crippen LogP contribution is -2.48. The van der Waals surface area contributed by atoms with Gasteiger partial charge in [-0.25, -0.2) is 13.2 Å². The number of aryl methyl sites for hydroxylation is 1. The van der Waals surface area contributed by atoms with Crippen molar-refractivity contribution in [2.24, 2.45) is 0 Å². The van der Waals surface area contributed by atoms with Crippen molar-refractivity contribution in [1.82, 2.24) is 5.32 Å². The average Bonchev–Trinajstić information content (AvgIpc) is 2.85. The van der Waals surface area contributed by atoms with E-state index in [0.717, 1.165) is 23.8 Å². The Labute approximate surface area is 157 Å². The van der Waals surface area contributed by atoms with Crippen LogP contribution in [0.3, 0.4) is 0 Å². The van der Waals surface area contributed by atoms with Gasteiger partial charge in [0.2, 0.25) is 0 Å². The molecule has 27 heavy (non-hydrogen) atoms. The van der Waals surface area contributed by atoms with Gasteiger partial charge in [0.1, 0.15) is 11.3 Å². The minimum absolute atomic E-state index is 0.0624. The highest BCUT2D eigenvalue weighted by Crippen LogP contribution is 2.24. The fraction of sp³-hybridized carbons (Fsp3) is 0.474. The quantitative estimate of drug-likeness (QED) is 0.751. The number of amides is 1. The average molecular weight is 393 g/mol. The van der Waals surface area contributed by atoms with Crippen molar-refractivity contribution in [3.8, 4) is 5.75 Å². The first-order valence-electron chi connectivity index (χ1n) is 8.91. The summed E-state index contributed by atoms with van der Waals surface area (Å²) >= 11 is 0. The van der Waals surface area contributed by atoms with Crippen LogP contribution in [0.5, 0.6) is 5.75 Å². The molecule has 1 aliphatic rings. The molecule has 0 unspecified atom stereocenters. The van der Waals surface area contributed by atoms with Crippen molar-refractivity contribution in [2.45, 2.75) is 38.6 Å². The van der Waals surface area contributed by atoms with Crippen LogP contribution in [0, 0.1) is 0 Å². The van der Waals surface area contributed by atoms with E-state index in [4.69, 9.17) is 9.15 Å². The van der Waals surface area contributed by atoms with E-state index in [1.54, 1.807) is 25.1 Å². The highest BCUT2D eigenvalue weighted by molar-refractivity contribution is 7.91. The fourth-order valence-corrected chi connectivity index (χ4v) is 5.50. The van der Waals surface area contributed by atoms with E-state index in [1.165, 1.54) is 6.07 Å². The van der Waals surface area contributed by atoms with E-state index in [1.807, 2.05) is 6.92 Å². The van der Waals surface area contributed by atoms with Gasteiger partial charge < -0.3 is 14.5 Å². The molecule has 0 bridgehead atoms. The van der Waals surface area contributed by atoms with Crippen LogP contribution in [0.15, 0.2) is 33.5 Å². The lowest BCUT2D eigenvalue weighted by molar-refractivity contribution is -0.124. The largest absolute Gasteiger partial charge is 0.484 e. The monoisotopic (exact) mass is 393 g/mol. The molecular formula is C19H23NO6S. The van der Waals surface area contributed by atoms with Crippen LogP contribution in [-0.4, -0.2) is 38.0 Å². The van der Waals surface area contributed by atoms with Crippen molar-refractivity contribution in [3.63, 3.8) is 0 Å². The number of hydrogen-bond acceptors (Lipinski definition) is 6. The second kappa shape index (κ2) is 7.34. The molecule has 1 aromatic carbocycles. The van der Waals surface area contributed by atoms with E-state index in [0.29, 0.717) is 17.8 Å². The van der Waals surface area contributed by atoms with E-state index in [2.05, 4.69) is 5.32 Å². The van der Waals surface area contributed by atoms with Gasteiger partial charge in [-0.2, -0.15) is 0 Å². The first-order valence-corrected chi connectivity index (χ1v) is 10.7. The number of fused-ring (bicyclic) bond motifs is 1. The van der Waals surface area contributed by atoms with E-state index in [-0.39, 0.29) is 18.1 Å². The van der Waals surface area contributed by atoms with Gasteiger partial charge in [-0.05, 0) is 37.5 Å². The van der Waals surface area contributed by atoms with Gasteiger partial charge in [-0.15, -0.1) is 0 Å². The van der Waals surface area contributed by atoms with Crippen molar-refractivity contribution in [1.29, 1.82) is 0 Å². The van der Waals surface area contributed by atoms with Crippen molar-refractivity contribution in [2.75, 3.05) is 18.1 Å². The summed E-state index contributed by atoms with van der Waals surface area (Å²) in [6.07, 6.45) is 2.07. The highest BCUT2D eigenvalue weighted by atomic mass is 32.2. The van der Waals surface area contributed by atoms with Gasteiger partial charge in [0.05, 0.1) is 17.0 Å². The van der Waals surface area contributed by atoms with E-state index in [9.17, 15) is 18.0 Å². The molecule has 1 atom stereocenters. The van der Waals surface area contributed by atoms with Gasteiger partial charge >= 0.3 is 5.63 Å². The zero-order valence-corrected chi connectivity index (χ0v) is 16.2. The predicted octanol–water partition coefficient (Wildman–Crippen LogP) is 1.82. The lowest BCUT2D eigenvalue weighted by Gasteiger charge is -2.23. The SMILES string of the molecule is CCCc1cc(=O)oc2cc(OCC(=O)N[C@]3(C)CCS(=O)(=O)C3)ccc12. The first kappa shape index (κ1) is 19.4. The molecule has 3 rings (SSSR count). The summed E-state index contributed by atoms with van der Waals surface area (Å²) in [4.78, 5) is 23.9. The molecule has 0 saturated carbocycles. The van der Waals surface area contributed by atoms with Gasteiger partial charge in [0.15, 0.2) is 16.4 Å². The van der Waals surface area contributed by atoms with Crippen LogP contribution in [0.2, 0.25) is 0 Å².